The molecule has 0 aliphatic heterocycles. The number of aryl methyl sites for hydroxylation is 1. The van der Waals surface area contributed by atoms with Crippen LogP contribution in [0, 0.1) is 6.92 Å². The van der Waals surface area contributed by atoms with Crippen LogP contribution >= 0.6 is 0 Å². The second kappa shape index (κ2) is 5.26. The van der Waals surface area contributed by atoms with Gasteiger partial charge in [-0.25, -0.2) is 0 Å². The molecule has 0 aliphatic rings. The third-order valence-corrected chi connectivity index (χ3v) is 3.22. The van der Waals surface area contributed by atoms with Gasteiger partial charge in [-0.3, -0.25) is 9.48 Å². The second-order valence-electron chi connectivity index (χ2n) is 5.04. The zero-order chi connectivity index (χ0) is 14.0. The molecule has 0 unspecified atom stereocenters. The summed E-state index contributed by atoms with van der Waals surface area (Å²) in [6.07, 6.45) is 1.72. The highest BCUT2D eigenvalue weighted by molar-refractivity contribution is 5.93. The van der Waals surface area contributed by atoms with Gasteiger partial charge in [-0.1, -0.05) is 38.1 Å². The fourth-order valence-electron chi connectivity index (χ4n) is 2.26. The number of hydrogen-bond acceptors (Lipinski definition) is 2. The van der Waals surface area contributed by atoms with Crippen LogP contribution in [-0.2, 0) is 6.54 Å². The summed E-state index contributed by atoms with van der Waals surface area (Å²) >= 11 is 0. The molecule has 1 amide bonds. The van der Waals surface area contributed by atoms with Gasteiger partial charge in [-0.05, 0) is 24.0 Å². The third kappa shape index (κ3) is 2.84. The van der Waals surface area contributed by atoms with Gasteiger partial charge < -0.3 is 5.73 Å². The van der Waals surface area contributed by atoms with E-state index in [1.165, 1.54) is 11.1 Å². The van der Waals surface area contributed by atoms with Crippen LogP contribution in [0.25, 0.3) is 0 Å². The Bertz CT molecular complexity index is 599. The van der Waals surface area contributed by atoms with Crippen molar-refractivity contribution in [3.63, 3.8) is 0 Å². The number of carbonyl (C=O) groups is 1. The average molecular weight is 257 g/mol. The Morgan fingerprint density at radius 1 is 1.37 bits per heavy atom. The van der Waals surface area contributed by atoms with E-state index in [0.29, 0.717) is 23.7 Å². The van der Waals surface area contributed by atoms with E-state index in [1.54, 1.807) is 17.8 Å². The monoisotopic (exact) mass is 257 g/mol. The van der Waals surface area contributed by atoms with Crippen molar-refractivity contribution < 1.29 is 4.79 Å². The number of hydrogen-bond donors (Lipinski definition) is 1. The number of primary amides is 1. The van der Waals surface area contributed by atoms with Crippen molar-refractivity contribution in [1.82, 2.24) is 9.78 Å². The first-order chi connectivity index (χ1) is 8.99. The van der Waals surface area contributed by atoms with Crippen LogP contribution in [0.5, 0.6) is 0 Å². The first-order valence-electron chi connectivity index (χ1n) is 6.40. The van der Waals surface area contributed by atoms with Crippen LogP contribution in [-0.4, -0.2) is 15.7 Å². The van der Waals surface area contributed by atoms with Gasteiger partial charge >= 0.3 is 0 Å². The SMILES string of the molecule is Cc1nn(Cc2ccccc2C(C)C)cc1C(N)=O. The lowest BCUT2D eigenvalue weighted by molar-refractivity contribution is 0.0999. The Morgan fingerprint density at radius 3 is 2.63 bits per heavy atom. The van der Waals surface area contributed by atoms with Crippen molar-refractivity contribution in [3.05, 3.63) is 52.8 Å². The molecule has 0 radical (unpaired) electrons. The Hall–Kier alpha value is -2.10. The summed E-state index contributed by atoms with van der Waals surface area (Å²) in [7, 11) is 0. The maximum atomic E-state index is 11.2. The van der Waals surface area contributed by atoms with Gasteiger partial charge in [0.1, 0.15) is 0 Å². The first kappa shape index (κ1) is 13.3. The summed E-state index contributed by atoms with van der Waals surface area (Å²) in [6, 6.07) is 8.29. The average Bonchev–Trinajstić information content (AvgIpc) is 2.71. The normalized spacial score (nSPS) is 10.9. The molecule has 1 aromatic carbocycles. The van der Waals surface area contributed by atoms with Crippen LogP contribution in [0.2, 0.25) is 0 Å². The molecular weight excluding hydrogens is 238 g/mol. The molecule has 0 saturated heterocycles. The molecule has 0 aliphatic carbocycles. The van der Waals surface area contributed by atoms with E-state index in [-0.39, 0.29) is 0 Å². The molecule has 4 heteroatoms. The Balaban J connectivity index is 2.31. The van der Waals surface area contributed by atoms with E-state index in [2.05, 4.69) is 31.1 Å². The lowest BCUT2D eigenvalue weighted by Gasteiger charge is -2.12. The summed E-state index contributed by atoms with van der Waals surface area (Å²) in [5.41, 5.74) is 8.99. The van der Waals surface area contributed by atoms with E-state index in [0.717, 1.165) is 0 Å². The lowest BCUT2D eigenvalue weighted by atomic mass is 9.97. The zero-order valence-electron chi connectivity index (χ0n) is 11.6. The first-order valence-corrected chi connectivity index (χ1v) is 6.40. The van der Waals surface area contributed by atoms with Crippen LogP contribution in [0.3, 0.4) is 0 Å². The number of benzene rings is 1. The van der Waals surface area contributed by atoms with Crippen molar-refractivity contribution in [1.29, 1.82) is 0 Å². The number of nitrogens with two attached hydrogens (primary N) is 1. The number of carbonyl (C=O) groups excluding carboxylic acids is 1. The molecule has 1 heterocycles. The smallest absolute Gasteiger partial charge is 0.252 e. The molecule has 4 nitrogen and oxygen atoms in total. The molecule has 1 aromatic heterocycles. The van der Waals surface area contributed by atoms with Gasteiger partial charge in [0.15, 0.2) is 0 Å². The summed E-state index contributed by atoms with van der Waals surface area (Å²) in [4.78, 5) is 11.2. The largest absolute Gasteiger partial charge is 0.365 e. The molecule has 0 saturated carbocycles. The van der Waals surface area contributed by atoms with Gasteiger partial charge in [-0.2, -0.15) is 5.10 Å². The summed E-state index contributed by atoms with van der Waals surface area (Å²) < 4.78 is 1.77. The number of nitrogens with zero attached hydrogens (tertiary/aromatic N) is 2. The Morgan fingerprint density at radius 2 is 2.05 bits per heavy atom. The number of rotatable bonds is 4. The Kier molecular flexibility index (Phi) is 3.69. The van der Waals surface area contributed by atoms with Crippen LogP contribution in [0.15, 0.2) is 30.5 Å². The minimum atomic E-state index is -0.430. The summed E-state index contributed by atoms with van der Waals surface area (Å²) in [5.74, 6) is 0.0318. The summed E-state index contributed by atoms with van der Waals surface area (Å²) in [6.45, 7) is 6.79. The highest BCUT2D eigenvalue weighted by Crippen LogP contribution is 2.20. The molecular formula is C15H19N3O. The molecule has 0 spiro atoms. The van der Waals surface area contributed by atoms with E-state index in [9.17, 15) is 4.79 Å². The van der Waals surface area contributed by atoms with Crippen molar-refractivity contribution in [2.75, 3.05) is 0 Å². The fourth-order valence-corrected chi connectivity index (χ4v) is 2.26. The molecule has 2 aromatic rings. The third-order valence-electron chi connectivity index (χ3n) is 3.22. The maximum absolute atomic E-state index is 11.2. The predicted octanol–water partition coefficient (Wildman–Crippen LogP) is 2.46. The summed E-state index contributed by atoms with van der Waals surface area (Å²) in [5, 5.41) is 4.34. The van der Waals surface area contributed by atoms with Crippen LogP contribution in [0.1, 0.15) is 46.9 Å². The van der Waals surface area contributed by atoms with Crippen molar-refractivity contribution >= 4 is 5.91 Å². The lowest BCUT2D eigenvalue weighted by Crippen LogP contribution is -2.11. The Labute approximate surface area is 113 Å². The van der Waals surface area contributed by atoms with Crippen LogP contribution < -0.4 is 5.73 Å². The van der Waals surface area contributed by atoms with Crippen molar-refractivity contribution in [2.45, 2.75) is 33.2 Å². The molecule has 100 valence electrons. The van der Waals surface area contributed by atoms with E-state index in [1.807, 2.05) is 12.1 Å². The van der Waals surface area contributed by atoms with E-state index >= 15 is 0 Å². The molecule has 19 heavy (non-hydrogen) atoms. The zero-order valence-corrected chi connectivity index (χ0v) is 11.6. The quantitative estimate of drug-likeness (QED) is 0.914. The highest BCUT2D eigenvalue weighted by Gasteiger charge is 2.12. The minimum Gasteiger partial charge on any atom is -0.365 e. The number of aromatic nitrogens is 2. The maximum Gasteiger partial charge on any atom is 0.252 e. The van der Waals surface area contributed by atoms with Crippen molar-refractivity contribution in [3.8, 4) is 0 Å². The van der Waals surface area contributed by atoms with E-state index < -0.39 is 5.91 Å². The number of amides is 1. The highest BCUT2D eigenvalue weighted by atomic mass is 16.1. The van der Waals surface area contributed by atoms with Gasteiger partial charge in [0.2, 0.25) is 0 Å². The van der Waals surface area contributed by atoms with Crippen molar-refractivity contribution in [2.24, 2.45) is 5.73 Å². The topological polar surface area (TPSA) is 60.9 Å². The molecule has 2 rings (SSSR count). The van der Waals surface area contributed by atoms with Crippen LogP contribution in [0.4, 0.5) is 0 Å². The van der Waals surface area contributed by atoms with E-state index in [4.69, 9.17) is 5.73 Å². The molecule has 0 fully saturated rings. The second-order valence-corrected chi connectivity index (χ2v) is 5.04. The van der Waals surface area contributed by atoms with Gasteiger partial charge in [0, 0.05) is 6.20 Å². The van der Waals surface area contributed by atoms with Gasteiger partial charge in [-0.15, -0.1) is 0 Å². The van der Waals surface area contributed by atoms with Gasteiger partial charge in [0.05, 0.1) is 17.8 Å². The predicted molar refractivity (Wildman–Crippen MR) is 75.1 cm³/mol. The van der Waals surface area contributed by atoms with Gasteiger partial charge in [0.25, 0.3) is 5.91 Å². The molecule has 0 bridgehead atoms. The minimum absolute atomic E-state index is 0.430. The molecule has 0 atom stereocenters. The fraction of sp³-hybridized carbons (Fsp3) is 0.333. The standard InChI is InChI=1S/C15H19N3O/c1-10(2)13-7-5-4-6-12(13)8-18-9-14(15(16)19)11(3)17-18/h4-7,9-10H,8H2,1-3H3,(H2,16,19). The molecule has 2 N–H and O–H groups in total.